The molecule has 0 atom stereocenters. The Kier molecular flexibility index (Phi) is 4.94. The number of hydrazone groups is 1. The van der Waals surface area contributed by atoms with E-state index in [1.165, 1.54) is 6.21 Å². The molecule has 0 saturated carbocycles. The van der Waals surface area contributed by atoms with Crippen molar-refractivity contribution in [3.63, 3.8) is 0 Å². The summed E-state index contributed by atoms with van der Waals surface area (Å²) in [6.45, 7) is -0.510. The minimum atomic E-state index is -1.15. The summed E-state index contributed by atoms with van der Waals surface area (Å²) >= 11 is 11.7. The summed E-state index contributed by atoms with van der Waals surface area (Å²) in [4.78, 5) is 10.5. The smallest absolute Gasteiger partial charge is 0.325 e. The minimum Gasteiger partial charge on any atom is -0.480 e. The SMILES string of the molecule is N=C(N)N(CC(=O)O)/N=C/c1cccc(Cl)c1Cl. The molecular formula is C10H10Cl2N4O2. The second-order valence-electron chi connectivity index (χ2n) is 3.22. The molecule has 8 heteroatoms. The molecule has 0 unspecified atom stereocenters. The first-order valence-corrected chi connectivity index (χ1v) is 5.48. The maximum absolute atomic E-state index is 10.5. The van der Waals surface area contributed by atoms with E-state index in [1.807, 2.05) is 0 Å². The van der Waals surface area contributed by atoms with E-state index in [1.54, 1.807) is 18.2 Å². The predicted molar refractivity (Wildman–Crippen MR) is 70.3 cm³/mol. The van der Waals surface area contributed by atoms with Crippen LogP contribution < -0.4 is 5.73 Å². The van der Waals surface area contributed by atoms with Crippen LogP contribution in [0.3, 0.4) is 0 Å². The molecule has 0 saturated heterocycles. The molecule has 0 amide bonds. The van der Waals surface area contributed by atoms with E-state index >= 15 is 0 Å². The Morgan fingerprint density at radius 2 is 2.22 bits per heavy atom. The Morgan fingerprint density at radius 3 is 2.78 bits per heavy atom. The predicted octanol–water partition coefficient (Wildman–Crippen LogP) is 1.61. The molecule has 0 heterocycles. The molecule has 0 aromatic heterocycles. The van der Waals surface area contributed by atoms with Crippen LogP contribution in [0, 0.1) is 5.41 Å². The molecule has 0 spiro atoms. The van der Waals surface area contributed by atoms with Crippen LogP contribution in [-0.2, 0) is 4.79 Å². The van der Waals surface area contributed by atoms with Crippen molar-refractivity contribution in [3.05, 3.63) is 33.8 Å². The summed E-state index contributed by atoms with van der Waals surface area (Å²) in [5.74, 6) is -1.63. The average Bonchev–Trinajstić information content (AvgIpc) is 2.28. The number of guanidine groups is 1. The molecule has 6 nitrogen and oxygen atoms in total. The summed E-state index contributed by atoms with van der Waals surface area (Å²) in [6, 6.07) is 4.93. The number of carboxylic acids is 1. The van der Waals surface area contributed by atoms with Gasteiger partial charge in [-0.1, -0.05) is 35.3 Å². The lowest BCUT2D eigenvalue weighted by Gasteiger charge is -2.13. The fourth-order valence-corrected chi connectivity index (χ4v) is 1.43. The zero-order valence-corrected chi connectivity index (χ0v) is 10.6. The van der Waals surface area contributed by atoms with Crippen molar-refractivity contribution < 1.29 is 9.90 Å². The first-order chi connectivity index (χ1) is 8.41. The third-order valence-electron chi connectivity index (χ3n) is 1.88. The second kappa shape index (κ2) is 6.23. The molecule has 0 aliphatic carbocycles. The highest BCUT2D eigenvalue weighted by atomic mass is 35.5. The molecule has 0 bridgehead atoms. The van der Waals surface area contributed by atoms with Gasteiger partial charge >= 0.3 is 5.97 Å². The van der Waals surface area contributed by atoms with Gasteiger partial charge in [0.25, 0.3) is 0 Å². The molecule has 0 aliphatic rings. The van der Waals surface area contributed by atoms with Crippen LogP contribution >= 0.6 is 23.2 Å². The number of halogens is 2. The molecule has 4 N–H and O–H groups in total. The monoisotopic (exact) mass is 288 g/mol. The highest BCUT2D eigenvalue weighted by Crippen LogP contribution is 2.24. The quantitative estimate of drug-likeness (QED) is 0.445. The summed E-state index contributed by atoms with van der Waals surface area (Å²) in [7, 11) is 0. The summed E-state index contributed by atoms with van der Waals surface area (Å²) in [5.41, 5.74) is 5.69. The number of nitrogens with zero attached hydrogens (tertiary/aromatic N) is 2. The van der Waals surface area contributed by atoms with Gasteiger partial charge in [-0.25, -0.2) is 5.01 Å². The first-order valence-electron chi connectivity index (χ1n) is 4.73. The fraction of sp³-hybridized carbons (Fsp3) is 0.100. The number of carboxylic acid groups (broad SMARTS) is 1. The van der Waals surface area contributed by atoms with E-state index in [4.69, 9.17) is 39.5 Å². The van der Waals surface area contributed by atoms with Crippen LogP contribution in [0.5, 0.6) is 0 Å². The van der Waals surface area contributed by atoms with Gasteiger partial charge in [0.1, 0.15) is 6.54 Å². The van der Waals surface area contributed by atoms with Gasteiger partial charge in [0.05, 0.1) is 16.3 Å². The molecule has 0 radical (unpaired) electrons. The molecule has 1 aromatic rings. The van der Waals surface area contributed by atoms with Crippen LogP contribution in [0.4, 0.5) is 0 Å². The van der Waals surface area contributed by atoms with Crippen molar-refractivity contribution in [2.75, 3.05) is 6.54 Å². The van der Waals surface area contributed by atoms with Crippen molar-refractivity contribution >= 4 is 41.3 Å². The van der Waals surface area contributed by atoms with E-state index in [9.17, 15) is 4.79 Å². The van der Waals surface area contributed by atoms with Crippen molar-refractivity contribution in [1.29, 1.82) is 5.41 Å². The second-order valence-corrected chi connectivity index (χ2v) is 4.01. The summed E-state index contributed by atoms with van der Waals surface area (Å²) < 4.78 is 0. The lowest BCUT2D eigenvalue weighted by Crippen LogP contribution is -2.36. The number of hydrogen-bond donors (Lipinski definition) is 3. The van der Waals surface area contributed by atoms with E-state index in [-0.39, 0.29) is 0 Å². The molecule has 1 aromatic carbocycles. The van der Waals surface area contributed by atoms with Crippen LogP contribution in [0.1, 0.15) is 5.56 Å². The van der Waals surface area contributed by atoms with Crippen LogP contribution in [0.15, 0.2) is 23.3 Å². The van der Waals surface area contributed by atoms with E-state index < -0.39 is 18.5 Å². The van der Waals surface area contributed by atoms with E-state index in [2.05, 4.69) is 5.10 Å². The van der Waals surface area contributed by atoms with E-state index in [0.29, 0.717) is 15.6 Å². The molecule has 18 heavy (non-hydrogen) atoms. The number of nitrogens with one attached hydrogen (secondary N) is 1. The van der Waals surface area contributed by atoms with Gasteiger partial charge < -0.3 is 10.8 Å². The largest absolute Gasteiger partial charge is 0.480 e. The lowest BCUT2D eigenvalue weighted by atomic mass is 10.2. The minimum absolute atomic E-state index is 0.293. The zero-order valence-electron chi connectivity index (χ0n) is 9.10. The Bertz CT molecular complexity index is 505. The normalized spacial score (nSPS) is 10.6. The number of benzene rings is 1. The standard InChI is InChI=1S/C10H10Cl2N4O2/c11-7-3-1-2-6(9(7)12)4-15-16(10(13)14)5-8(17)18/h1-4H,5H2,(H3,13,14)(H,17,18)/b15-4+. The number of rotatable bonds is 4. The Labute approximate surface area is 113 Å². The Hall–Kier alpha value is -1.79. The number of nitrogens with two attached hydrogens (primary N) is 1. The van der Waals surface area contributed by atoms with Gasteiger partial charge in [0.15, 0.2) is 0 Å². The molecular weight excluding hydrogens is 279 g/mol. The van der Waals surface area contributed by atoms with Crippen LogP contribution in [0.25, 0.3) is 0 Å². The van der Waals surface area contributed by atoms with Gasteiger partial charge in [-0.3, -0.25) is 10.2 Å². The number of hydrogen-bond acceptors (Lipinski definition) is 3. The van der Waals surface area contributed by atoms with Crippen molar-refractivity contribution in [2.45, 2.75) is 0 Å². The third-order valence-corrected chi connectivity index (χ3v) is 2.71. The number of carbonyl (C=O) groups is 1. The fourth-order valence-electron chi connectivity index (χ4n) is 1.07. The average molecular weight is 289 g/mol. The number of aliphatic carboxylic acids is 1. The van der Waals surface area contributed by atoms with Crippen molar-refractivity contribution in [2.24, 2.45) is 10.8 Å². The molecule has 1 rings (SSSR count). The molecule has 96 valence electrons. The van der Waals surface area contributed by atoms with E-state index in [0.717, 1.165) is 5.01 Å². The van der Waals surface area contributed by atoms with Gasteiger partial charge in [0.2, 0.25) is 5.96 Å². The molecule has 0 fully saturated rings. The maximum atomic E-state index is 10.5. The van der Waals surface area contributed by atoms with Crippen LogP contribution in [0.2, 0.25) is 10.0 Å². The van der Waals surface area contributed by atoms with Gasteiger partial charge in [-0.15, -0.1) is 0 Å². The Morgan fingerprint density at radius 1 is 1.56 bits per heavy atom. The first kappa shape index (κ1) is 14.3. The van der Waals surface area contributed by atoms with Crippen molar-refractivity contribution in [3.8, 4) is 0 Å². The third kappa shape index (κ3) is 3.90. The zero-order chi connectivity index (χ0) is 13.7. The Balaban J connectivity index is 2.92. The van der Waals surface area contributed by atoms with Crippen molar-refractivity contribution in [1.82, 2.24) is 5.01 Å². The highest BCUT2D eigenvalue weighted by molar-refractivity contribution is 6.43. The maximum Gasteiger partial charge on any atom is 0.325 e. The summed E-state index contributed by atoms with van der Waals surface area (Å²) in [5, 5.41) is 21.0. The summed E-state index contributed by atoms with van der Waals surface area (Å²) in [6.07, 6.45) is 1.29. The lowest BCUT2D eigenvalue weighted by molar-refractivity contribution is -0.137. The topological polar surface area (TPSA) is 103 Å². The molecule has 0 aliphatic heterocycles. The van der Waals surface area contributed by atoms with Gasteiger partial charge in [0, 0.05) is 5.56 Å². The van der Waals surface area contributed by atoms with Gasteiger partial charge in [-0.05, 0) is 6.07 Å². The highest BCUT2D eigenvalue weighted by Gasteiger charge is 2.09. The van der Waals surface area contributed by atoms with Gasteiger partial charge in [-0.2, -0.15) is 5.10 Å². The van der Waals surface area contributed by atoms with Crippen LogP contribution in [-0.4, -0.2) is 34.8 Å².